The van der Waals surface area contributed by atoms with Crippen LogP contribution in [0.2, 0.25) is 0 Å². The van der Waals surface area contributed by atoms with Crippen LogP contribution in [-0.2, 0) is 37.0 Å². The van der Waals surface area contributed by atoms with Crippen LogP contribution in [-0.4, -0.2) is 85.8 Å². The van der Waals surface area contributed by atoms with Crippen molar-refractivity contribution in [3.05, 3.63) is 48.5 Å². The molecule has 0 atom stereocenters. The minimum Gasteiger partial charge on any atom is -0.468 e. The third-order valence-corrected chi connectivity index (χ3v) is 5.28. The van der Waals surface area contributed by atoms with E-state index >= 15 is 0 Å². The molecule has 0 aliphatic rings. The Labute approximate surface area is 230 Å². The molecule has 0 saturated heterocycles. The Kier molecular flexibility index (Phi) is 9.78. The number of nitrogens with one attached hydrogen (secondary N) is 1. The molecule has 3 N–H and O–H groups in total. The summed E-state index contributed by atoms with van der Waals surface area (Å²) in [4.78, 5) is 63.9. The Morgan fingerprint density at radius 2 is 1.77 bits per heavy atom. The second-order valence-electron chi connectivity index (χ2n) is 9.50. The van der Waals surface area contributed by atoms with Gasteiger partial charge >= 0.3 is 18.2 Å². The van der Waals surface area contributed by atoms with Gasteiger partial charge in [0.2, 0.25) is 5.91 Å². The number of anilines is 1. The molecule has 1 aromatic carbocycles. The molecule has 2 aromatic heterocycles. The van der Waals surface area contributed by atoms with E-state index in [1.807, 2.05) is 6.07 Å². The van der Waals surface area contributed by atoms with Crippen molar-refractivity contribution in [3.8, 4) is 0 Å². The normalized spacial score (nSPS) is 11.0. The fraction of sp³-hybridized carbons (Fsp3) is 0.400. The molecule has 15 nitrogen and oxygen atoms in total. The number of rotatable bonds is 9. The standard InChI is InChI=1S/C25H32N8O7/c1-25(2,3)40-24(37)33(30-23(36)39-14-17-8-6-5-7-9-17)11-10-31(13-19(35)38-4)18(34)12-32-16-29-20-21(26)27-15-28-22(20)32/h5-9,15-16H,10-14H2,1-4H3,(H,30,36)(H2,26,27,28). The molecule has 0 unspecified atom stereocenters. The first-order chi connectivity index (χ1) is 19.0. The van der Waals surface area contributed by atoms with Crippen molar-refractivity contribution in [2.24, 2.45) is 0 Å². The number of ether oxygens (including phenoxy) is 3. The first-order valence-electron chi connectivity index (χ1n) is 12.2. The van der Waals surface area contributed by atoms with Gasteiger partial charge in [-0.25, -0.2) is 35.0 Å². The summed E-state index contributed by atoms with van der Waals surface area (Å²) in [5.74, 6) is -1.05. The number of benzene rings is 1. The van der Waals surface area contributed by atoms with Crippen molar-refractivity contribution in [3.63, 3.8) is 0 Å². The van der Waals surface area contributed by atoms with E-state index in [-0.39, 0.29) is 32.1 Å². The summed E-state index contributed by atoms with van der Waals surface area (Å²) in [6, 6.07) is 8.97. The number of nitrogen functional groups attached to an aromatic ring is 1. The Balaban J connectivity index is 1.73. The van der Waals surface area contributed by atoms with E-state index in [1.54, 1.807) is 45.0 Å². The number of esters is 1. The minimum atomic E-state index is -0.914. The second-order valence-corrected chi connectivity index (χ2v) is 9.50. The highest BCUT2D eigenvalue weighted by Gasteiger charge is 2.27. The van der Waals surface area contributed by atoms with Gasteiger partial charge in [-0.15, -0.1) is 0 Å². The van der Waals surface area contributed by atoms with Gasteiger partial charge in [0, 0.05) is 6.54 Å². The van der Waals surface area contributed by atoms with E-state index in [0.717, 1.165) is 15.5 Å². The molecule has 3 rings (SSSR count). The van der Waals surface area contributed by atoms with Crippen LogP contribution < -0.4 is 11.2 Å². The Hall–Kier alpha value is -4.95. The van der Waals surface area contributed by atoms with E-state index < -0.39 is 36.2 Å². The molecular weight excluding hydrogens is 524 g/mol. The zero-order chi connectivity index (χ0) is 29.3. The highest BCUT2D eigenvalue weighted by molar-refractivity contribution is 5.85. The molecule has 0 radical (unpaired) electrons. The average Bonchev–Trinajstić information content (AvgIpc) is 3.32. The molecule has 0 saturated carbocycles. The van der Waals surface area contributed by atoms with Crippen LogP contribution in [0.1, 0.15) is 26.3 Å². The summed E-state index contributed by atoms with van der Waals surface area (Å²) < 4.78 is 16.8. The molecule has 0 fully saturated rings. The number of imidazole rings is 1. The maximum absolute atomic E-state index is 13.2. The number of fused-ring (bicyclic) bond motifs is 1. The van der Waals surface area contributed by atoms with Crippen molar-refractivity contribution in [2.75, 3.05) is 32.5 Å². The fourth-order valence-electron chi connectivity index (χ4n) is 3.37. The quantitative estimate of drug-likeness (QED) is 0.221. The Bertz CT molecular complexity index is 1340. The highest BCUT2D eigenvalue weighted by atomic mass is 16.6. The number of hydrogen-bond acceptors (Lipinski definition) is 11. The Morgan fingerprint density at radius 3 is 2.45 bits per heavy atom. The van der Waals surface area contributed by atoms with Crippen molar-refractivity contribution >= 4 is 41.0 Å². The molecule has 0 aliphatic heterocycles. The predicted molar refractivity (Wildman–Crippen MR) is 141 cm³/mol. The topological polar surface area (TPSA) is 184 Å². The van der Waals surface area contributed by atoms with Crippen LogP contribution in [0.15, 0.2) is 43.0 Å². The maximum atomic E-state index is 13.2. The largest absolute Gasteiger partial charge is 0.468 e. The molecule has 40 heavy (non-hydrogen) atoms. The van der Waals surface area contributed by atoms with Gasteiger partial charge in [0.25, 0.3) is 0 Å². The van der Waals surface area contributed by atoms with Crippen molar-refractivity contribution < 1.29 is 33.4 Å². The lowest BCUT2D eigenvalue weighted by atomic mass is 10.2. The molecule has 3 amide bonds. The van der Waals surface area contributed by atoms with Crippen LogP contribution in [0, 0.1) is 0 Å². The number of hydrogen-bond donors (Lipinski definition) is 2. The van der Waals surface area contributed by atoms with Crippen LogP contribution in [0.25, 0.3) is 11.2 Å². The van der Waals surface area contributed by atoms with Crippen molar-refractivity contribution in [1.82, 2.24) is 34.9 Å². The van der Waals surface area contributed by atoms with E-state index in [1.165, 1.54) is 24.3 Å². The van der Waals surface area contributed by atoms with E-state index in [2.05, 4.69) is 20.4 Å². The molecule has 214 valence electrons. The predicted octanol–water partition coefficient (Wildman–Crippen LogP) is 1.49. The van der Waals surface area contributed by atoms with Gasteiger partial charge in [0.15, 0.2) is 11.5 Å². The van der Waals surface area contributed by atoms with Crippen LogP contribution in [0.3, 0.4) is 0 Å². The van der Waals surface area contributed by atoms with Crippen LogP contribution in [0.4, 0.5) is 15.4 Å². The van der Waals surface area contributed by atoms with Gasteiger partial charge in [-0.1, -0.05) is 30.3 Å². The van der Waals surface area contributed by atoms with Gasteiger partial charge < -0.3 is 29.4 Å². The van der Waals surface area contributed by atoms with Crippen LogP contribution in [0.5, 0.6) is 0 Å². The minimum absolute atomic E-state index is 0.0330. The van der Waals surface area contributed by atoms with E-state index in [0.29, 0.717) is 11.2 Å². The van der Waals surface area contributed by atoms with Crippen molar-refractivity contribution in [1.29, 1.82) is 0 Å². The van der Waals surface area contributed by atoms with Gasteiger partial charge in [-0.3, -0.25) is 9.59 Å². The number of nitrogens with zero attached hydrogens (tertiary/aromatic N) is 6. The summed E-state index contributed by atoms with van der Waals surface area (Å²) in [5, 5.41) is 0.872. The zero-order valence-corrected chi connectivity index (χ0v) is 22.7. The maximum Gasteiger partial charge on any atom is 0.429 e. The van der Waals surface area contributed by atoms with Gasteiger partial charge in [0.1, 0.15) is 37.1 Å². The summed E-state index contributed by atoms with van der Waals surface area (Å²) in [6.45, 7) is 3.88. The Morgan fingerprint density at radius 1 is 1.05 bits per heavy atom. The highest BCUT2D eigenvalue weighted by Crippen LogP contribution is 2.15. The van der Waals surface area contributed by atoms with Gasteiger partial charge in [-0.2, -0.15) is 0 Å². The molecular formula is C25H32N8O7. The van der Waals surface area contributed by atoms with E-state index in [4.69, 9.17) is 19.9 Å². The van der Waals surface area contributed by atoms with Gasteiger partial charge in [0.05, 0.1) is 20.0 Å². The second kappa shape index (κ2) is 13.2. The fourth-order valence-corrected chi connectivity index (χ4v) is 3.37. The number of amides is 3. The average molecular weight is 557 g/mol. The summed E-state index contributed by atoms with van der Waals surface area (Å²) in [6.07, 6.45) is 0.819. The molecule has 0 spiro atoms. The first-order valence-corrected chi connectivity index (χ1v) is 12.2. The SMILES string of the molecule is COC(=O)CN(CCN(NC(=O)OCc1ccccc1)C(=O)OC(C)(C)C)C(=O)Cn1cnc2c(N)ncnc21. The first kappa shape index (κ1) is 29.6. The van der Waals surface area contributed by atoms with Crippen LogP contribution >= 0.6 is 0 Å². The number of aromatic nitrogens is 4. The number of hydrazine groups is 1. The van der Waals surface area contributed by atoms with Gasteiger partial charge in [-0.05, 0) is 26.3 Å². The summed E-state index contributed by atoms with van der Waals surface area (Å²) in [5.41, 5.74) is 8.68. The smallest absolute Gasteiger partial charge is 0.429 e. The molecule has 15 heteroatoms. The van der Waals surface area contributed by atoms with E-state index in [9.17, 15) is 19.2 Å². The molecule has 0 aliphatic carbocycles. The monoisotopic (exact) mass is 556 g/mol. The molecule has 0 bridgehead atoms. The number of carbonyl (C=O) groups excluding carboxylic acids is 4. The third kappa shape index (κ3) is 8.54. The number of methoxy groups -OCH3 is 1. The lowest BCUT2D eigenvalue weighted by Gasteiger charge is -2.29. The number of nitrogens with two attached hydrogens (primary N) is 1. The summed E-state index contributed by atoms with van der Waals surface area (Å²) >= 11 is 0. The van der Waals surface area contributed by atoms with Crippen molar-refractivity contribution in [2.45, 2.75) is 39.5 Å². The zero-order valence-electron chi connectivity index (χ0n) is 22.7. The number of carbonyl (C=O) groups is 4. The third-order valence-electron chi connectivity index (χ3n) is 5.28. The molecule has 3 aromatic rings. The lowest BCUT2D eigenvalue weighted by molar-refractivity contribution is -0.147. The lowest BCUT2D eigenvalue weighted by Crippen LogP contribution is -2.52. The molecule has 2 heterocycles. The summed E-state index contributed by atoms with van der Waals surface area (Å²) in [7, 11) is 1.19.